The standard InChI is InChI=1S/C22H21N3/c1-4-15-11-23-12-17-13-25-20(10-19(15)17)18-8-7-16-6-5-9-24-22(16)21(18)14(2)3/h5-14H,4H2,1-3H3. The Morgan fingerprint density at radius 3 is 2.64 bits per heavy atom. The molecule has 1 aromatic carbocycles. The fourth-order valence-electron chi connectivity index (χ4n) is 3.53. The number of rotatable bonds is 3. The maximum Gasteiger partial charge on any atom is 0.0743 e. The van der Waals surface area contributed by atoms with Crippen LogP contribution in [-0.4, -0.2) is 15.0 Å². The lowest BCUT2D eigenvalue weighted by molar-refractivity contribution is 0.874. The second kappa shape index (κ2) is 6.25. The fourth-order valence-corrected chi connectivity index (χ4v) is 3.53. The molecule has 0 atom stereocenters. The van der Waals surface area contributed by atoms with E-state index >= 15 is 0 Å². The van der Waals surface area contributed by atoms with Gasteiger partial charge in [-0.2, -0.15) is 0 Å². The highest BCUT2D eigenvalue weighted by Crippen LogP contribution is 2.34. The molecule has 0 unspecified atom stereocenters. The summed E-state index contributed by atoms with van der Waals surface area (Å²) in [5.41, 5.74) is 5.76. The second-order valence-corrected chi connectivity index (χ2v) is 6.70. The predicted molar refractivity (Wildman–Crippen MR) is 104 cm³/mol. The third kappa shape index (κ3) is 2.66. The summed E-state index contributed by atoms with van der Waals surface area (Å²) in [6, 6.07) is 10.6. The highest BCUT2D eigenvalue weighted by Gasteiger charge is 2.15. The van der Waals surface area contributed by atoms with Crippen LogP contribution in [0.4, 0.5) is 0 Å². The quantitative estimate of drug-likeness (QED) is 0.496. The van der Waals surface area contributed by atoms with Gasteiger partial charge in [0.15, 0.2) is 0 Å². The molecule has 4 aromatic rings. The van der Waals surface area contributed by atoms with Crippen molar-refractivity contribution in [3.05, 3.63) is 66.2 Å². The average Bonchev–Trinajstić information content (AvgIpc) is 2.66. The SMILES string of the molecule is CCc1cncc2cnc(-c3ccc4cccnc4c3C(C)C)cc12. The summed E-state index contributed by atoms with van der Waals surface area (Å²) < 4.78 is 0. The Kier molecular flexibility index (Phi) is 3.92. The average molecular weight is 327 g/mol. The first-order chi connectivity index (χ1) is 12.2. The Morgan fingerprint density at radius 2 is 1.84 bits per heavy atom. The van der Waals surface area contributed by atoms with Crippen molar-refractivity contribution in [2.75, 3.05) is 0 Å². The zero-order valence-corrected chi connectivity index (χ0v) is 14.8. The summed E-state index contributed by atoms with van der Waals surface area (Å²) in [6.45, 7) is 6.60. The van der Waals surface area contributed by atoms with Crippen LogP contribution in [0.25, 0.3) is 32.9 Å². The number of benzene rings is 1. The van der Waals surface area contributed by atoms with Crippen molar-refractivity contribution in [3.63, 3.8) is 0 Å². The molecule has 0 fully saturated rings. The van der Waals surface area contributed by atoms with Gasteiger partial charge in [-0.25, -0.2) is 0 Å². The maximum atomic E-state index is 4.73. The molecule has 0 bridgehead atoms. The number of fused-ring (bicyclic) bond motifs is 2. The van der Waals surface area contributed by atoms with Gasteiger partial charge in [0, 0.05) is 41.1 Å². The molecule has 0 N–H and O–H groups in total. The van der Waals surface area contributed by atoms with Gasteiger partial charge < -0.3 is 0 Å². The Bertz CT molecular complexity index is 1070. The van der Waals surface area contributed by atoms with Crippen molar-refractivity contribution in [1.29, 1.82) is 0 Å². The van der Waals surface area contributed by atoms with E-state index in [1.807, 2.05) is 30.9 Å². The second-order valence-electron chi connectivity index (χ2n) is 6.70. The van der Waals surface area contributed by atoms with Crippen LogP contribution >= 0.6 is 0 Å². The fraction of sp³-hybridized carbons (Fsp3) is 0.227. The number of pyridine rings is 3. The van der Waals surface area contributed by atoms with Crippen LogP contribution in [0, 0.1) is 0 Å². The van der Waals surface area contributed by atoms with Crippen LogP contribution in [0.5, 0.6) is 0 Å². The number of aryl methyl sites for hydroxylation is 1. The molecule has 4 rings (SSSR count). The smallest absolute Gasteiger partial charge is 0.0743 e. The van der Waals surface area contributed by atoms with Gasteiger partial charge in [0.2, 0.25) is 0 Å². The number of aromatic nitrogens is 3. The van der Waals surface area contributed by atoms with E-state index < -0.39 is 0 Å². The Balaban J connectivity index is 2.01. The Hall–Kier alpha value is -2.81. The highest BCUT2D eigenvalue weighted by molar-refractivity contribution is 5.92. The van der Waals surface area contributed by atoms with E-state index in [2.05, 4.69) is 55.0 Å². The van der Waals surface area contributed by atoms with Gasteiger partial charge in [-0.05, 0) is 41.0 Å². The number of hydrogen-bond donors (Lipinski definition) is 0. The summed E-state index contributed by atoms with van der Waals surface area (Å²) in [4.78, 5) is 13.7. The minimum Gasteiger partial charge on any atom is -0.264 e. The van der Waals surface area contributed by atoms with Gasteiger partial charge in [0.1, 0.15) is 0 Å². The minimum atomic E-state index is 0.370. The monoisotopic (exact) mass is 327 g/mol. The first-order valence-electron chi connectivity index (χ1n) is 8.79. The molecule has 3 nitrogen and oxygen atoms in total. The molecule has 0 radical (unpaired) electrons. The van der Waals surface area contributed by atoms with Crippen LogP contribution in [0.2, 0.25) is 0 Å². The van der Waals surface area contributed by atoms with Gasteiger partial charge in [-0.15, -0.1) is 0 Å². The molecule has 3 aromatic heterocycles. The largest absolute Gasteiger partial charge is 0.264 e. The first kappa shape index (κ1) is 15.7. The van der Waals surface area contributed by atoms with Gasteiger partial charge >= 0.3 is 0 Å². The summed E-state index contributed by atoms with van der Waals surface area (Å²) in [7, 11) is 0. The molecule has 124 valence electrons. The van der Waals surface area contributed by atoms with Crippen molar-refractivity contribution >= 4 is 21.7 Å². The van der Waals surface area contributed by atoms with E-state index in [-0.39, 0.29) is 0 Å². The van der Waals surface area contributed by atoms with E-state index in [4.69, 9.17) is 4.98 Å². The Morgan fingerprint density at radius 1 is 0.960 bits per heavy atom. The molecule has 0 aliphatic carbocycles. The van der Waals surface area contributed by atoms with Crippen molar-refractivity contribution in [3.8, 4) is 11.3 Å². The molecule has 0 aliphatic rings. The van der Waals surface area contributed by atoms with E-state index in [1.54, 1.807) is 0 Å². The third-order valence-corrected chi connectivity index (χ3v) is 4.77. The third-order valence-electron chi connectivity index (χ3n) is 4.77. The lowest BCUT2D eigenvalue weighted by atomic mass is 9.91. The van der Waals surface area contributed by atoms with Crippen molar-refractivity contribution < 1.29 is 0 Å². The van der Waals surface area contributed by atoms with Crippen molar-refractivity contribution in [2.45, 2.75) is 33.1 Å². The normalized spacial score (nSPS) is 11.5. The van der Waals surface area contributed by atoms with Crippen LogP contribution in [-0.2, 0) is 6.42 Å². The van der Waals surface area contributed by atoms with Crippen molar-refractivity contribution in [2.24, 2.45) is 0 Å². The summed E-state index contributed by atoms with van der Waals surface area (Å²) in [5, 5.41) is 3.50. The zero-order chi connectivity index (χ0) is 17.4. The lowest BCUT2D eigenvalue weighted by Crippen LogP contribution is -1.98. The summed E-state index contributed by atoms with van der Waals surface area (Å²) in [5.74, 6) is 0.370. The van der Waals surface area contributed by atoms with Gasteiger partial charge in [0.05, 0.1) is 11.2 Å². The highest BCUT2D eigenvalue weighted by atomic mass is 14.7. The molecule has 0 saturated carbocycles. The molecule has 0 amide bonds. The Labute approximate surface area is 147 Å². The van der Waals surface area contributed by atoms with E-state index in [1.165, 1.54) is 27.5 Å². The van der Waals surface area contributed by atoms with Crippen LogP contribution in [0.1, 0.15) is 37.8 Å². The molecule has 0 spiro atoms. The molecular weight excluding hydrogens is 306 g/mol. The molecular formula is C22H21N3. The van der Waals surface area contributed by atoms with Crippen molar-refractivity contribution in [1.82, 2.24) is 15.0 Å². The molecule has 0 saturated heterocycles. The summed E-state index contributed by atoms with van der Waals surface area (Å²) >= 11 is 0. The predicted octanol–water partition coefficient (Wildman–Crippen LogP) is 5.53. The molecule has 0 aliphatic heterocycles. The topological polar surface area (TPSA) is 38.7 Å². The maximum absolute atomic E-state index is 4.73. The van der Waals surface area contributed by atoms with Gasteiger partial charge in [-0.3, -0.25) is 15.0 Å². The molecule has 25 heavy (non-hydrogen) atoms. The minimum absolute atomic E-state index is 0.370. The van der Waals surface area contributed by atoms with Gasteiger partial charge in [0.25, 0.3) is 0 Å². The van der Waals surface area contributed by atoms with Crippen LogP contribution < -0.4 is 0 Å². The molecule has 3 heterocycles. The number of hydrogen-bond acceptors (Lipinski definition) is 3. The zero-order valence-electron chi connectivity index (χ0n) is 14.8. The number of nitrogens with zero attached hydrogens (tertiary/aromatic N) is 3. The van der Waals surface area contributed by atoms with Gasteiger partial charge in [-0.1, -0.05) is 39.0 Å². The molecule has 3 heteroatoms. The van der Waals surface area contributed by atoms with E-state index in [9.17, 15) is 0 Å². The lowest BCUT2D eigenvalue weighted by Gasteiger charge is -2.16. The van der Waals surface area contributed by atoms with E-state index in [0.717, 1.165) is 23.0 Å². The van der Waals surface area contributed by atoms with Crippen LogP contribution in [0.15, 0.2) is 55.1 Å². The first-order valence-corrected chi connectivity index (χ1v) is 8.79. The van der Waals surface area contributed by atoms with Crippen LogP contribution in [0.3, 0.4) is 0 Å². The summed E-state index contributed by atoms with van der Waals surface area (Å²) in [6.07, 6.45) is 8.61. The van der Waals surface area contributed by atoms with E-state index in [0.29, 0.717) is 5.92 Å².